The van der Waals surface area contributed by atoms with Crippen LogP contribution in [0, 0.1) is 12.7 Å². The SMILES string of the molecule is COCCOC(=O)c1[nH]c2c(c1C)C(=O)C[C@H](c1ccc(F)cc1)C2. The minimum atomic E-state index is -0.491. The molecule has 0 unspecified atom stereocenters. The van der Waals surface area contributed by atoms with E-state index in [9.17, 15) is 14.0 Å². The molecular formula is C19H20FNO4. The van der Waals surface area contributed by atoms with Crippen LogP contribution >= 0.6 is 0 Å². The fourth-order valence-electron chi connectivity index (χ4n) is 3.30. The van der Waals surface area contributed by atoms with Crippen LogP contribution in [-0.2, 0) is 15.9 Å². The third-order valence-electron chi connectivity index (χ3n) is 4.55. The van der Waals surface area contributed by atoms with Crippen LogP contribution in [0.15, 0.2) is 24.3 Å². The number of hydrogen-bond acceptors (Lipinski definition) is 4. The van der Waals surface area contributed by atoms with E-state index in [1.54, 1.807) is 19.1 Å². The van der Waals surface area contributed by atoms with Gasteiger partial charge in [-0.2, -0.15) is 0 Å². The number of carbonyl (C=O) groups excluding carboxylic acids is 2. The lowest BCUT2D eigenvalue weighted by Gasteiger charge is -2.22. The third-order valence-corrected chi connectivity index (χ3v) is 4.55. The zero-order chi connectivity index (χ0) is 18.0. The second-order valence-corrected chi connectivity index (χ2v) is 6.19. The van der Waals surface area contributed by atoms with E-state index in [1.165, 1.54) is 19.2 Å². The molecule has 1 N–H and O–H groups in total. The van der Waals surface area contributed by atoms with Crippen LogP contribution in [0.25, 0.3) is 0 Å². The number of aromatic nitrogens is 1. The van der Waals surface area contributed by atoms with Crippen LogP contribution in [-0.4, -0.2) is 37.1 Å². The minimum Gasteiger partial charge on any atom is -0.459 e. The molecule has 0 spiro atoms. The van der Waals surface area contributed by atoms with Gasteiger partial charge in [0.15, 0.2) is 5.78 Å². The normalized spacial score (nSPS) is 16.6. The molecule has 0 amide bonds. The summed E-state index contributed by atoms with van der Waals surface area (Å²) in [6.07, 6.45) is 0.939. The van der Waals surface area contributed by atoms with Crippen molar-refractivity contribution in [2.75, 3.05) is 20.3 Å². The Hall–Kier alpha value is -2.47. The Morgan fingerprint density at radius 3 is 2.64 bits per heavy atom. The molecule has 1 heterocycles. The maximum absolute atomic E-state index is 13.1. The van der Waals surface area contributed by atoms with Gasteiger partial charge in [0.1, 0.15) is 18.1 Å². The van der Waals surface area contributed by atoms with Crippen molar-refractivity contribution in [3.05, 3.63) is 58.2 Å². The smallest absolute Gasteiger partial charge is 0.355 e. The monoisotopic (exact) mass is 345 g/mol. The molecule has 0 radical (unpaired) electrons. The molecule has 2 aromatic rings. The summed E-state index contributed by atoms with van der Waals surface area (Å²) in [4.78, 5) is 27.8. The van der Waals surface area contributed by atoms with Gasteiger partial charge >= 0.3 is 5.97 Å². The number of aromatic amines is 1. The molecule has 1 aliphatic rings. The zero-order valence-electron chi connectivity index (χ0n) is 14.2. The number of H-pyrrole nitrogens is 1. The van der Waals surface area contributed by atoms with Crippen LogP contribution in [0.5, 0.6) is 0 Å². The van der Waals surface area contributed by atoms with Gasteiger partial charge < -0.3 is 14.5 Å². The van der Waals surface area contributed by atoms with Gasteiger partial charge in [0.25, 0.3) is 0 Å². The van der Waals surface area contributed by atoms with Crippen LogP contribution in [0.3, 0.4) is 0 Å². The van der Waals surface area contributed by atoms with E-state index in [2.05, 4.69) is 4.98 Å². The highest BCUT2D eigenvalue weighted by atomic mass is 19.1. The molecular weight excluding hydrogens is 325 g/mol. The Morgan fingerprint density at radius 1 is 1.24 bits per heavy atom. The van der Waals surface area contributed by atoms with Gasteiger partial charge in [-0.15, -0.1) is 0 Å². The van der Waals surface area contributed by atoms with E-state index in [4.69, 9.17) is 9.47 Å². The summed E-state index contributed by atoms with van der Waals surface area (Å²) in [5.41, 5.74) is 3.17. The van der Waals surface area contributed by atoms with E-state index in [0.29, 0.717) is 36.3 Å². The number of nitrogens with one attached hydrogen (secondary N) is 1. The summed E-state index contributed by atoms with van der Waals surface area (Å²) in [5, 5.41) is 0. The van der Waals surface area contributed by atoms with Gasteiger partial charge in [-0.25, -0.2) is 9.18 Å². The lowest BCUT2D eigenvalue weighted by Crippen LogP contribution is -2.18. The number of esters is 1. The second-order valence-electron chi connectivity index (χ2n) is 6.19. The lowest BCUT2D eigenvalue weighted by molar-refractivity contribution is 0.0381. The zero-order valence-corrected chi connectivity index (χ0v) is 14.2. The molecule has 6 heteroatoms. The van der Waals surface area contributed by atoms with Crippen molar-refractivity contribution >= 4 is 11.8 Å². The molecule has 0 bridgehead atoms. The Balaban J connectivity index is 1.84. The Kier molecular flexibility index (Phi) is 4.99. The van der Waals surface area contributed by atoms with Crippen LogP contribution < -0.4 is 0 Å². The molecule has 132 valence electrons. The summed E-state index contributed by atoms with van der Waals surface area (Å²) >= 11 is 0. The van der Waals surface area contributed by atoms with E-state index < -0.39 is 5.97 Å². The number of halogens is 1. The van der Waals surface area contributed by atoms with E-state index in [0.717, 1.165) is 11.3 Å². The quantitative estimate of drug-likeness (QED) is 0.667. The third kappa shape index (κ3) is 3.49. The summed E-state index contributed by atoms with van der Waals surface area (Å²) in [6.45, 7) is 2.22. The molecule has 0 fully saturated rings. The second kappa shape index (κ2) is 7.19. The summed E-state index contributed by atoms with van der Waals surface area (Å²) in [6, 6.07) is 6.20. The van der Waals surface area contributed by atoms with Crippen molar-refractivity contribution in [2.45, 2.75) is 25.7 Å². The Morgan fingerprint density at radius 2 is 1.96 bits per heavy atom. The molecule has 1 aromatic carbocycles. The maximum Gasteiger partial charge on any atom is 0.355 e. The number of fused-ring (bicyclic) bond motifs is 1. The largest absolute Gasteiger partial charge is 0.459 e. The minimum absolute atomic E-state index is 0.0136. The van der Waals surface area contributed by atoms with Gasteiger partial charge in [-0.05, 0) is 42.5 Å². The summed E-state index contributed by atoms with van der Waals surface area (Å²) in [5.74, 6) is -0.838. The fraction of sp³-hybridized carbons (Fsp3) is 0.368. The molecule has 1 aromatic heterocycles. The molecule has 0 aliphatic heterocycles. The van der Waals surface area contributed by atoms with Gasteiger partial charge in [0, 0.05) is 24.8 Å². The predicted molar refractivity (Wildman–Crippen MR) is 89.5 cm³/mol. The lowest BCUT2D eigenvalue weighted by atomic mass is 9.81. The van der Waals surface area contributed by atoms with Crippen molar-refractivity contribution in [2.24, 2.45) is 0 Å². The van der Waals surface area contributed by atoms with Crippen molar-refractivity contribution in [3.8, 4) is 0 Å². The van der Waals surface area contributed by atoms with Gasteiger partial charge in [0.05, 0.1) is 6.61 Å². The summed E-state index contributed by atoms with van der Waals surface area (Å²) < 4.78 is 23.1. The first-order valence-corrected chi connectivity index (χ1v) is 8.17. The van der Waals surface area contributed by atoms with E-state index in [1.807, 2.05) is 0 Å². The van der Waals surface area contributed by atoms with E-state index >= 15 is 0 Å². The number of hydrogen-bond donors (Lipinski definition) is 1. The van der Waals surface area contributed by atoms with E-state index in [-0.39, 0.29) is 24.1 Å². The van der Waals surface area contributed by atoms with Crippen molar-refractivity contribution < 1.29 is 23.5 Å². The van der Waals surface area contributed by atoms with Crippen molar-refractivity contribution in [1.82, 2.24) is 4.98 Å². The first kappa shape index (κ1) is 17.4. The van der Waals surface area contributed by atoms with Gasteiger partial charge in [0.2, 0.25) is 0 Å². The Bertz CT molecular complexity index is 795. The highest BCUT2D eigenvalue weighted by Gasteiger charge is 2.32. The number of ether oxygens (including phenoxy) is 2. The Labute approximate surface area is 145 Å². The molecule has 0 saturated carbocycles. The summed E-state index contributed by atoms with van der Waals surface area (Å²) in [7, 11) is 1.53. The number of carbonyl (C=O) groups is 2. The number of Topliss-reactive ketones (excluding diaryl/α,β-unsaturated/α-hetero) is 1. The van der Waals surface area contributed by atoms with Crippen molar-refractivity contribution in [3.63, 3.8) is 0 Å². The highest BCUT2D eigenvalue weighted by molar-refractivity contribution is 6.03. The fourth-order valence-corrected chi connectivity index (χ4v) is 3.30. The topological polar surface area (TPSA) is 68.4 Å². The van der Waals surface area contributed by atoms with Crippen LogP contribution in [0.2, 0.25) is 0 Å². The number of rotatable bonds is 5. The molecule has 0 saturated heterocycles. The first-order valence-electron chi connectivity index (χ1n) is 8.17. The maximum atomic E-state index is 13.1. The molecule has 25 heavy (non-hydrogen) atoms. The standard InChI is InChI=1S/C19H20FNO4/c1-11-17-15(21-18(11)19(23)25-8-7-24-2)9-13(10-16(17)22)12-3-5-14(20)6-4-12/h3-6,13,21H,7-10H2,1-2H3/t13-/m1/s1. The average molecular weight is 345 g/mol. The first-order chi connectivity index (χ1) is 12.0. The highest BCUT2D eigenvalue weighted by Crippen LogP contribution is 2.35. The average Bonchev–Trinajstić information content (AvgIpc) is 2.93. The molecule has 1 atom stereocenters. The molecule has 1 aliphatic carbocycles. The number of ketones is 1. The van der Waals surface area contributed by atoms with Gasteiger partial charge in [-0.3, -0.25) is 4.79 Å². The number of benzene rings is 1. The van der Waals surface area contributed by atoms with Crippen LogP contribution in [0.1, 0.15) is 50.0 Å². The predicted octanol–water partition coefficient (Wildman–Crippen LogP) is 3.18. The molecule has 3 rings (SSSR count). The van der Waals surface area contributed by atoms with Crippen molar-refractivity contribution in [1.29, 1.82) is 0 Å². The number of methoxy groups -OCH3 is 1. The molecule has 5 nitrogen and oxygen atoms in total. The van der Waals surface area contributed by atoms with Gasteiger partial charge in [-0.1, -0.05) is 12.1 Å². The van der Waals surface area contributed by atoms with Crippen LogP contribution in [0.4, 0.5) is 4.39 Å².